The van der Waals surface area contributed by atoms with Crippen LogP contribution in [-0.2, 0) is 9.47 Å². The van der Waals surface area contributed by atoms with Crippen LogP contribution in [0.1, 0.15) is 0 Å². The SMILES string of the molecule is c1cc(OC[C@H]2CNCCO2)cc(OC[C@H]2CNCCO2)c1. The van der Waals surface area contributed by atoms with E-state index in [4.69, 9.17) is 18.9 Å². The highest BCUT2D eigenvalue weighted by Crippen LogP contribution is 2.20. The van der Waals surface area contributed by atoms with Crippen molar-refractivity contribution >= 4 is 0 Å². The summed E-state index contributed by atoms with van der Waals surface area (Å²) in [5.41, 5.74) is 0. The lowest BCUT2D eigenvalue weighted by molar-refractivity contribution is -0.00131. The summed E-state index contributed by atoms with van der Waals surface area (Å²) in [6.07, 6.45) is 0.222. The molecule has 0 radical (unpaired) electrons. The Morgan fingerprint density at radius 1 is 0.909 bits per heavy atom. The third kappa shape index (κ3) is 4.84. The number of hydrogen-bond acceptors (Lipinski definition) is 6. The van der Waals surface area contributed by atoms with Crippen LogP contribution >= 0.6 is 0 Å². The number of ether oxygens (including phenoxy) is 4. The molecule has 2 aliphatic heterocycles. The van der Waals surface area contributed by atoms with Gasteiger partial charge in [-0.2, -0.15) is 0 Å². The van der Waals surface area contributed by atoms with Gasteiger partial charge in [0.15, 0.2) is 0 Å². The maximum absolute atomic E-state index is 5.79. The summed E-state index contributed by atoms with van der Waals surface area (Å²) < 4.78 is 22.8. The lowest BCUT2D eigenvalue weighted by Gasteiger charge is -2.24. The molecule has 2 aliphatic rings. The van der Waals surface area contributed by atoms with Gasteiger partial charge >= 0.3 is 0 Å². The molecule has 122 valence electrons. The number of nitrogens with one attached hydrogen (secondary N) is 2. The van der Waals surface area contributed by atoms with Crippen molar-refractivity contribution in [1.29, 1.82) is 0 Å². The third-order valence-electron chi connectivity index (χ3n) is 3.69. The van der Waals surface area contributed by atoms with Crippen molar-refractivity contribution in [2.75, 3.05) is 52.6 Å². The van der Waals surface area contributed by atoms with E-state index in [0.717, 1.165) is 50.9 Å². The molecule has 6 heteroatoms. The molecule has 6 nitrogen and oxygen atoms in total. The zero-order valence-corrected chi connectivity index (χ0v) is 12.8. The molecule has 0 saturated carbocycles. The molecular formula is C16H24N2O4. The van der Waals surface area contributed by atoms with E-state index in [1.807, 2.05) is 24.3 Å². The van der Waals surface area contributed by atoms with E-state index < -0.39 is 0 Å². The summed E-state index contributed by atoms with van der Waals surface area (Å²) in [7, 11) is 0. The van der Waals surface area contributed by atoms with Crippen LogP contribution in [0, 0.1) is 0 Å². The molecule has 0 aliphatic carbocycles. The molecular weight excluding hydrogens is 284 g/mol. The standard InChI is InChI=1S/C16H24N2O4/c1-2-13(21-11-15-9-17-4-6-19-15)8-14(3-1)22-12-16-10-18-5-7-20-16/h1-3,8,15-18H,4-7,9-12H2/t15-,16-/m1/s1. The second-order valence-electron chi connectivity index (χ2n) is 5.49. The lowest BCUT2D eigenvalue weighted by atomic mass is 10.3. The van der Waals surface area contributed by atoms with E-state index in [0.29, 0.717) is 13.2 Å². The van der Waals surface area contributed by atoms with Crippen molar-refractivity contribution in [2.45, 2.75) is 12.2 Å². The average Bonchev–Trinajstić information content (AvgIpc) is 2.60. The molecule has 22 heavy (non-hydrogen) atoms. The van der Waals surface area contributed by atoms with Gasteiger partial charge in [0.1, 0.15) is 36.9 Å². The molecule has 0 aromatic heterocycles. The minimum atomic E-state index is 0.111. The Balaban J connectivity index is 1.44. The molecule has 2 heterocycles. The highest BCUT2D eigenvalue weighted by molar-refractivity contribution is 5.33. The van der Waals surface area contributed by atoms with Crippen molar-refractivity contribution in [1.82, 2.24) is 10.6 Å². The summed E-state index contributed by atoms with van der Waals surface area (Å²) in [5, 5.41) is 6.58. The summed E-state index contributed by atoms with van der Waals surface area (Å²) in [5.74, 6) is 1.60. The second kappa shape index (κ2) is 8.33. The number of benzene rings is 1. The molecule has 2 fully saturated rings. The minimum Gasteiger partial charge on any atom is -0.491 e. The first kappa shape index (κ1) is 15.6. The first-order chi connectivity index (χ1) is 10.9. The zero-order valence-electron chi connectivity index (χ0n) is 12.8. The van der Waals surface area contributed by atoms with Gasteiger partial charge in [-0.15, -0.1) is 0 Å². The van der Waals surface area contributed by atoms with Gasteiger partial charge in [0.25, 0.3) is 0 Å². The largest absolute Gasteiger partial charge is 0.491 e. The van der Waals surface area contributed by atoms with Crippen LogP contribution < -0.4 is 20.1 Å². The van der Waals surface area contributed by atoms with Crippen LogP contribution in [0.4, 0.5) is 0 Å². The maximum atomic E-state index is 5.79. The second-order valence-corrected chi connectivity index (χ2v) is 5.49. The summed E-state index contributed by atoms with van der Waals surface area (Å²) >= 11 is 0. The fraction of sp³-hybridized carbons (Fsp3) is 0.625. The van der Waals surface area contributed by atoms with E-state index in [9.17, 15) is 0 Å². The molecule has 1 aromatic carbocycles. The molecule has 2 saturated heterocycles. The molecule has 2 atom stereocenters. The van der Waals surface area contributed by atoms with Gasteiger partial charge in [0, 0.05) is 32.2 Å². The van der Waals surface area contributed by atoms with Crippen LogP contribution in [0.15, 0.2) is 24.3 Å². The van der Waals surface area contributed by atoms with Gasteiger partial charge in [0.2, 0.25) is 0 Å². The van der Waals surface area contributed by atoms with E-state index in [2.05, 4.69) is 10.6 Å². The molecule has 0 spiro atoms. The van der Waals surface area contributed by atoms with Crippen molar-refractivity contribution in [2.24, 2.45) is 0 Å². The van der Waals surface area contributed by atoms with Crippen LogP contribution in [0.5, 0.6) is 11.5 Å². The predicted molar refractivity (Wildman–Crippen MR) is 82.7 cm³/mol. The monoisotopic (exact) mass is 308 g/mol. The highest BCUT2D eigenvalue weighted by Gasteiger charge is 2.15. The Bertz CT molecular complexity index is 408. The Hall–Kier alpha value is -1.34. The van der Waals surface area contributed by atoms with E-state index >= 15 is 0 Å². The smallest absolute Gasteiger partial charge is 0.123 e. The number of rotatable bonds is 6. The fourth-order valence-corrected chi connectivity index (χ4v) is 2.49. The summed E-state index contributed by atoms with van der Waals surface area (Å²) in [6, 6.07) is 7.71. The molecule has 0 bridgehead atoms. The van der Waals surface area contributed by atoms with Crippen LogP contribution in [0.25, 0.3) is 0 Å². The summed E-state index contributed by atoms with van der Waals surface area (Å²) in [4.78, 5) is 0. The van der Waals surface area contributed by atoms with Crippen molar-refractivity contribution < 1.29 is 18.9 Å². The van der Waals surface area contributed by atoms with E-state index in [1.165, 1.54) is 0 Å². The Morgan fingerprint density at radius 3 is 1.91 bits per heavy atom. The Morgan fingerprint density at radius 2 is 1.45 bits per heavy atom. The molecule has 2 N–H and O–H groups in total. The Labute approximate surface area is 131 Å². The topological polar surface area (TPSA) is 61.0 Å². The van der Waals surface area contributed by atoms with Crippen molar-refractivity contribution in [3.8, 4) is 11.5 Å². The molecule has 3 rings (SSSR count). The number of hydrogen-bond donors (Lipinski definition) is 2. The van der Waals surface area contributed by atoms with E-state index in [1.54, 1.807) is 0 Å². The van der Waals surface area contributed by atoms with Crippen molar-refractivity contribution in [3.63, 3.8) is 0 Å². The van der Waals surface area contributed by atoms with Crippen LogP contribution in [0.3, 0.4) is 0 Å². The predicted octanol–water partition coefficient (Wildman–Crippen LogP) is 0.421. The van der Waals surface area contributed by atoms with Gasteiger partial charge in [0.05, 0.1) is 13.2 Å². The summed E-state index contributed by atoms with van der Waals surface area (Å²) in [6.45, 7) is 6.08. The van der Waals surface area contributed by atoms with Gasteiger partial charge in [-0.25, -0.2) is 0 Å². The van der Waals surface area contributed by atoms with Gasteiger partial charge in [-0.3, -0.25) is 0 Å². The Kier molecular flexibility index (Phi) is 5.89. The first-order valence-electron chi connectivity index (χ1n) is 7.90. The van der Waals surface area contributed by atoms with Gasteiger partial charge in [-0.1, -0.05) is 6.07 Å². The maximum Gasteiger partial charge on any atom is 0.123 e. The number of morpholine rings is 2. The lowest BCUT2D eigenvalue weighted by Crippen LogP contribution is -2.41. The van der Waals surface area contributed by atoms with Gasteiger partial charge in [-0.05, 0) is 12.1 Å². The molecule has 1 aromatic rings. The minimum absolute atomic E-state index is 0.111. The van der Waals surface area contributed by atoms with E-state index in [-0.39, 0.29) is 12.2 Å². The quantitative estimate of drug-likeness (QED) is 0.794. The normalized spacial score (nSPS) is 25.6. The average molecular weight is 308 g/mol. The highest BCUT2D eigenvalue weighted by atomic mass is 16.5. The molecule has 0 unspecified atom stereocenters. The van der Waals surface area contributed by atoms with Crippen LogP contribution in [0.2, 0.25) is 0 Å². The van der Waals surface area contributed by atoms with Gasteiger partial charge < -0.3 is 29.6 Å². The van der Waals surface area contributed by atoms with Crippen molar-refractivity contribution in [3.05, 3.63) is 24.3 Å². The fourth-order valence-electron chi connectivity index (χ4n) is 2.49. The molecule has 0 amide bonds. The zero-order chi connectivity index (χ0) is 15.0. The first-order valence-corrected chi connectivity index (χ1v) is 7.90. The van der Waals surface area contributed by atoms with Crippen LogP contribution in [-0.4, -0.2) is 64.8 Å². The third-order valence-corrected chi connectivity index (χ3v) is 3.69.